The fraction of sp³-hybridized carbons (Fsp3) is 0.156. The highest BCUT2D eigenvalue weighted by molar-refractivity contribution is 7.26. The summed E-state index contributed by atoms with van der Waals surface area (Å²) in [5, 5.41) is 10.9. The number of benzene rings is 6. The van der Waals surface area contributed by atoms with Crippen molar-refractivity contribution >= 4 is 81.3 Å². The number of nitrogens with zero attached hydrogens (tertiary/aromatic N) is 1. The molecule has 0 radical (unpaired) electrons. The average Bonchev–Trinajstić information content (AvgIpc) is 3.51. The second kappa shape index (κ2) is 10.9. The molecule has 0 N–H and O–H groups in total. The quantitative estimate of drug-likeness (QED) is 0.249. The lowest BCUT2D eigenvalue weighted by atomic mass is 9.36. The van der Waals surface area contributed by atoms with Crippen molar-refractivity contribution in [1.29, 1.82) is 0 Å². The predicted octanol–water partition coefficient (Wildman–Crippen LogP) is 4.24. The molecule has 3 aliphatic rings. The van der Waals surface area contributed by atoms with E-state index in [1.807, 2.05) is 0 Å². The fourth-order valence-electron chi connectivity index (χ4n) is 10.4. The number of aromatic nitrogens is 1. The zero-order valence-electron chi connectivity index (χ0n) is 28.4. The Hall–Kier alpha value is -4.64. The Labute approximate surface area is 292 Å². The first kappa shape index (κ1) is 29.3. The van der Waals surface area contributed by atoms with Gasteiger partial charge < -0.3 is 4.57 Å². The minimum absolute atomic E-state index is 0.238. The largest absolute Gasteiger partial charge is 0.313 e. The van der Waals surface area contributed by atoms with Crippen LogP contribution in [0.25, 0.3) is 16.6 Å². The number of rotatable bonds is 4. The molecule has 10 rings (SSSR count). The van der Waals surface area contributed by atoms with Crippen molar-refractivity contribution in [3.63, 3.8) is 0 Å². The van der Waals surface area contributed by atoms with Crippen LogP contribution in [0.2, 0.25) is 12.6 Å². The van der Waals surface area contributed by atoms with E-state index < -0.39 is 16.1 Å². The maximum absolute atomic E-state index is 2.71. The molecule has 0 saturated carbocycles. The highest BCUT2D eigenvalue weighted by Gasteiger charge is 2.54. The van der Waals surface area contributed by atoms with Gasteiger partial charge in [-0.05, 0) is 65.9 Å². The molecule has 2 aliphatic heterocycles. The number of hydrogen-bond acceptors (Lipinski definition) is 0. The van der Waals surface area contributed by atoms with Gasteiger partial charge in [0.25, 0.3) is 0 Å². The van der Waals surface area contributed by atoms with Crippen LogP contribution in [-0.4, -0.2) is 27.4 Å². The van der Waals surface area contributed by atoms with Gasteiger partial charge in [0, 0.05) is 16.8 Å². The summed E-state index contributed by atoms with van der Waals surface area (Å²) in [5.41, 5.74) is 10.5. The van der Waals surface area contributed by atoms with E-state index >= 15 is 0 Å². The van der Waals surface area contributed by atoms with Crippen LogP contribution < -0.4 is 47.5 Å². The lowest BCUT2D eigenvalue weighted by Crippen LogP contribution is -2.91. The van der Waals surface area contributed by atoms with Crippen molar-refractivity contribution in [3.8, 4) is 5.69 Å². The van der Waals surface area contributed by atoms with Crippen molar-refractivity contribution in [2.75, 3.05) is 0 Å². The molecule has 2 unspecified atom stereocenters. The van der Waals surface area contributed by atoms with Gasteiger partial charge in [-0.1, -0.05) is 178 Å². The Morgan fingerprint density at radius 3 is 1.94 bits per heavy atom. The summed E-state index contributed by atoms with van der Waals surface area (Å²) < 4.78 is 2.70. The fourth-order valence-corrected chi connectivity index (χ4v) is 19.9. The summed E-state index contributed by atoms with van der Waals surface area (Å²) >= 11 is 0. The van der Waals surface area contributed by atoms with Crippen LogP contribution in [0.4, 0.5) is 0 Å². The monoisotopic (exact) mass is 661 g/mol. The molecule has 7 aromatic rings. The van der Waals surface area contributed by atoms with E-state index in [1.165, 1.54) is 62.8 Å². The van der Waals surface area contributed by atoms with Gasteiger partial charge in [-0.15, -0.1) is 0 Å². The third-order valence-corrected chi connectivity index (χ3v) is 22.2. The van der Waals surface area contributed by atoms with Crippen LogP contribution >= 0.6 is 0 Å². The molecule has 0 amide bonds. The van der Waals surface area contributed by atoms with E-state index in [0.29, 0.717) is 0 Å². The summed E-state index contributed by atoms with van der Waals surface area (Å²) in [6.45, 7) is 5.37. The van der Waals surface area contributed by atoms with Crippen molar-refractivity contribution in [1.82, 2.24) is 4.57 Å². The Bertz CT molecular complexity index is 2420. The normalized spacial score (nSPS) is 20.3. The van der Waals surface area contributed by atoms with Gasteiger partial charge in [0.2, 0.25) is 6.71 Å². The van der Waals surface area contributed by atoms with E-state index in [-0.39, 0.29) is 6.71 Å². The summed E-state index contributed by atoms with van der Waals surface area (Å²) in [4.78, 5) is 0. The third-order valence-electron chi connectivity index (χ3n) is 12.6. The first-order chi connectivity index (χ1) is 24.2. The van der Waals surface area contributed by atoms with Gasteiger partial charge in [0.05, 0.1) is 5.52 Å². The molecular weight excluding hydrogens is 621 g/mol. The standard InChI is InChI=1S/C45H40BNSi2/c1-3-49(34-20-8-5-9-21-34)42-29-17-13-25-38(42)46-37-24-12-16-28-41(37)48(2,33-18-6-4-7-19-33)43-30-32(31-44(49)45(43)46)47-39-26-14-10-22-35(39)36-23-11-15-27-40(36)47/h4-10,12-14,16-22,24-26,28-31H,3,11,15,23,27H2,1-2H3. The zero-order chi connectivity index (χ0) is 32.7. The highest BCUT2D eigenvalue weighted by atomic mass is 28.3. The van der Waals surface area contributed by atoms with Gasteiger partial charge >= 0.3 is 0 Å². The van der Waals surface area contributed by atoms with Gasteiger partial charge in [0.1, 0.15) is 16.1 Å². The van der Waals surface area contributed by atoms with Crippen LogP contribution in [0.5, 0.6) is 0 Å². The van der Waals surface area contributed by atoms with Gasteiger partial charge in [-0.2, -0.15) is 0 Å². The van der Waals surface area contributed by atoms with Crippen LogP contribution in [0.3, 0.4) is 0 Å². The zero-order valence-corrected chi connectivity index (χ0v) is 30.4. The van der Waals surface area contributed by atoms with E-state index in [1.54, 1.807) is 31.8 Å². The van der Waals surface area contributed by atoms with Crippen LogP contribution in [0, 0.1) is 0 Å². The van der Waals surface area contributed by atoms with Gasteiger partial charge in [-0.3, -0.25) is 0 Å². The molecule has 49 heavy (non-hydrogen) atoms. The Morgan fingerprint density at radius 2 is 1.18 bits per heavy atom. The molecule has 2 atom stereocenters. The molecule has 0 saturated heterocycles. The molecule has 3 heterocycles. The minimum Gasteiger partial charge on any atom is -0.313 e. The topological polar surface area (TPSA) is 4.93 Å². The van der Waals surface area contributed by atoms with Crippen LogP contribution in [0.15, 0.2) is 146 Å². The number of fused-ring (bicyclic) bond motifs is 7. The molecule has 236 valence electrons. The molecule has 1 aliphatic carbocycles. The molecular formula is C45H40BNSi2. The van der Waals surface area contributed by atoms with E-state index in [2.05, 4.69) is 164 Å². The van der Waals surface area contributed by atoms with Gasteiger partial charge in [-0.25, -0.2) is 0 Å². The lowest BCUT2D eigenvalue weighted by molar-refractivity contribution is 0.667. The van der Waals surface area contributed by atoms with Crippen LogP contribution in [-0.2, 0) is 12.8 Å². The molecule has 0 fully saturated rings. The number of hydrogen-bond donors (Lipinski definition) is 0. The van der Waals surface area contributed by atoms with Gasteiger partial charge in [0.15, 0.2) is 0 Å². The smallest absolute Gasteiger partial charge is 0.240 e. The Kier molecular flexibility index (Phi) is 6.53. The van der Waals surface area contributed by atoms with Crippen LogP contribution in [0.1, 0.15) is 31.0 Å². The third kappa shape index (κ3) is 3.87. The van der Waals surface area contributed by atoms with E-state index in [9.17, 15) is 0 Å². The van der Waals surface area contributed by atoms with Crippen molar-refractivity contribution in [2.45, 2.75) is 45.2 Å². The maximum atomic E-state index is 2.71. The number of aryl methyl sites for hydroxylation is 1. The summed E-state index contributed by atoms with van der Waals surface area (Å²) in [6, 6.07) is 58.1. The van der Waals surface area contributed by atoms with Crippen molar-refractivity contribution in [2.24, 2.45) is 0 Å². The minimum atomic E-state index is -2.45. The van der Waals surface area contributed by atoms with E-state index in [4.69, 9.17) is 0 Å². The SMILES string of the molecule is CC[Si]1(c2ccccc2)c2ccccc2B2c3ccccc3[Si](C)(c3ccccc3)c3cc(-n4c5c(c6ccccc64)CCCC5)cc1c32. The molecule has 1 nitrogen and oxygen atoms in total. The van der Waals surface area contributed by atoms with Crippen molar-refractivity contribution < 1.29 is 0 Å². The summed E-state index contributed by atoms with van der Waals surface area (Å²) in [5.74, 6) is 0. The molecule has 0 spiro atoms. The molecule has 0 bridgehead atoms. The average molecular weight is 662 g/mol. The van der Waals surface area contributed by atoms with E-state index in [0.717, 1.165) is 12.5 Å². The summed E-state index contributed by atoms with van der Waals surface area (Å²) in [7, 11) is -4.90. The highest BCUT2D eigenvalue weighted by Crippen LogP contribution is 2.35. The van der Waals surface area contributed by atoms with Crippen molar-refractivity contribution in [3.05, 3.63) is 157 Å². The summed E-state index contributed by atoms with van der Waals surface area (Å²) in [6.07, 6.45) is 4.87. The Morgan fingerprint density at radius 1 is 0.592 bits per heavy atom. The number of para-hydroxylation sites is 1. The first-order valence-corrected chi connectivity index (χ1v) is 23.0. The molecule has 1 aromatic heterocycles. The molecule has 6 aromatic carbocycles. The maximum Gasteiger partial charge on any atom is 0.240 e. The Balaban J connectivity index is 1.41. The first-order valence-electron chi connectivity index (χ1n) is 18.3. The second-order valence-corrected chi connectivity index (χ2v) is 22.7. The second-order valence-electron chi connectivity index (χ2n) is 14.7. The lowest BCUT2D eigenvalue weighted by Gasteiger charge is -2.48. The molecule has 4 heteroatoms. The predicted molar refractivity (Wildman–Crippen MR) is 216 cm³/mol.